The minimum atomic E-state index is -0.714. The largest absolute Gasteiger partial charge is 0.324 e. The van der Waals surface area contributed by atoms with Gasteiger partial charge in [0, 0.05) is 30.1 Å². The minimum absolute atomic E-state index is 0.0241. The number of nitrogens with one attached hydrogen (secondary N) is 1. The van der Waals surface area contributed by atoms with Gasteiger partial charge in [0.1, 0.15) is 0 Å². The first-order valence-electron chi connectivity index (χ1n) is 9.80. The predicted octanol–water partition coefficient (Wildman–Crippen LogP) is 5.17. The van der Waals surface area contributed by atoms with E-state index in [-0.39, 0.29) is 5.91 Å². The Bertz CT molecular complexity index is 1100. The number of likely N-dealkylation sites (N-methyl/N-ethyl adjacent to an activating group) is 1. The molecule has 0 atom stereocenters. The Morgan fingerprint density at radius 1 is 0.967 bits per heavy atom. The molecule has 0 aliphatic carbocycles. The van der Waals surface area contributed by atoms with Crippen LogP contribution in [0, 0.1) is 11.8 Å². The molecule has 2 heterocycles. The molecule has 152 valence electrons. The Balaban J connectivity index is 0.000000589. The van der Waals surface area contributed by atoms with Crippen LogP contribution in [0.3, 0.4) is 0 Å². The number of carbonyl (C=O) groups excluding carboxylic acids is 1. The third-order valence-electron chi connectivity index (χ3n) is 5.10. The van der Waals surface area contributed by atoms with Crippen molar-refractivity contribution in [1.82, 2.24) is 9.97 Å². The molecule has 0 fully saturated rings. The molecule has 2 aromatic carbocycles. The zero-order chi connectivity index (χ0) is 21.7. The lowest BCUT2D eigenvalue weighted by Crippen LogP contribution is -2.40. The molecule has 1 aromatic heterocycles. The third kappa shape index (κ3) is 4.04. The van der Waals surface area contributed by atoms with Crippen LogP contribution in [0.1, 0.15) is 33.3 Å². The van der Waals surface area contributed by atoms with Crippen LogP contribution in [0.15, 0.2) is 60.8 Å². The van der Waals surface area contributed by atoms with Crippen LogP contribution in [0.2, 0.25) is 0 Å². The Morgan fingerprint density at radius 3 is 2.27 bits per heavy atom. The van der Waals surface area contributed by atoms with Gasteiger partial charge in [0.15, 0.2) is 0 Å². The summed E-state index contributed by atoms with van der Waals surface area (Å²) in [6, 6.07) is 17.6. The summed E-state index contributed by atoms with van der Waals surface area (Å²) in [4.78, 5) is 24.0. The van der Waals surface area contributed by atoms with Crippen molar-refractivity contribution in [2.45, 2.75) is 33.1 Å². The summed E-state index contributed by atoms with van der Waals surface area (Å²) in [5.41, 5.74) is 3.61. The van der Waals surface area contributed by atoms with Crippen LogP contribution in [-0.4, -0.2) is 22.9 Å². The Labute approximate surface area is 178 Å². The van der Waals surface area contributed by atoms with Crippen LogP contribution in [0.5, 0.6) is 0 Å². The number of amides is 1. The lowest BCUT2D eigenvalue weighted by Gasteiger charge is -2.27. The maximum Gasteiger partial charge on any atom is 0.236 e. The Kier molecular flexibility index (Phi) is 6.17. The highest BCUT2D eigenvalue weighted by Crippen LogP contribution is 2.42. The van der Waals surface area contributed by atoms with Crippen LogP contribution >= 0.6 is 0 Å². The van der Waals surface area contributed by atoms with Gasteiger partial charge in [-0.15, -0.1) is 11.8 Å². The van der Waals surface area contributed by atoms with E-state index < -0.39 is 5.41 Å². The molecule has 1 aliphatic rings. The van der Waals surface area contributed by atoms with E-state index >= 15 is 0 Å². The second-order valence-corrected chi connectivity index (χ2v) is 7.45. The van der Waals surface area contributed by atoms with Gasteiger partial charge in [0.05, 0.1) is 16.8 Å². The van der Waals surface area contributed by atoms with Crippen LogP contribution in [-0.2, 0) is 10.2 Å². The lowest BCUT2D eigenvalue weighted by molar-refractivity contribution is -0.122. The van der Waals surface area contributed by atoms with Crippen molar-refractivity contribution in [2.75, 3.05) is 17.3 Å². The fraction of sp³-hybridized carbons (Fsp3) is 0.240. The molecular formula is C25H26N4O. The van der Waals surface area contributed by atoms with E-state index in [4.69, 9.17) is 4.98 Å². The molecule has 5 nitrogen and oxygen atoms in total. The van der Waals surface area contributed by atoms with Crippen molar-refractivity contribution in [3.8, 4) is 23.1 Å². The highest BCUT2D eigenvalue weighted by molar-refractivity contribution is 6.06. The first-order valence-corrected chi connectivity index (χ1v) is 9.80. The number of anilines is 3. The zero-order valence-electron chi connectivity index (χ0n) is 18.0. The number of hydrogen-bond donors (Lipinski definition) is 1. The van der Waals surface area contributed by atoms with E-state index in [0.29, 0.717) is 5.95 Å². The molecule has 0 saturated carbocycles. The average molecular weight is 399 g/mol. The van der Waals surface area contributed by atoms with Crippen LogP contribution < -0.4 is 10.2 Å². The van der Waals surface area contributed by atoms with Crippen LogP contribution in [0.4, 0.5) is 17.3 Å². The number of para-hydroxylation sites is 2. The monoisotopic (exact) mass is 398 g/mol. The molecule has 30 heavy (non-hydrogen) atoms. The molecule has 0 bridgehead atoms. The fourth-order valence-electron chi connectivity index (χ4n) is 3.37. The van der Waals surface area contributed by atoms with E-state index in [1.807, 2.05) is 89.3 Å². The van der Waals surface area contributed by atoms with Gasteiger partial charge in [-0.1, -0.05) is 36.4 Å². The van der Waals surface area contributed by atoms with Crippen molar-refractivity contribution in [1.29, 1.82) is 0 Å². The standard InChI is InChI=1S/C21H20N4O.C4H6/c1-21(2)16-13-22-20(23-14-9-5-4-6-10-14)24-18(16)15-11-7-8-12-17(15)25(3)19(21)26;1-3-4-2/h4-13H,1-3H3,(H,22,23,24);1-2H3. The topological polar surface area (TPSA) is 58.1 Å². The van der Waals surface area contributed by atoms with Crippen molar-refractivity contribution >= 4 is 23.2 Å². The maximum atomic E-state index is 13.0. The summed E-state index contributed by atoms with van der Waals surface area (Å²) in [5, 5.41) is 3.23. The number of rotatable bonds is 2. The zero-order valence-corrected chi connectivity index (χ0v) is 18.0. The molecule has 0 unspecified atom stereocenters. The number of fused-ring (bicyclic) bond motifs is 3. The summed E-state index contributed by atoms with van der Waals surface area (Å²) in [5.74, 6) is 5.90. The van der Waals surface area contributed by atoms with Crippen molar-refractivity contribution in [3.05, 3.63) is 66.4 Å². The Morgan fingerprint density at radius 2 is 1.60 bits per heavy atom. The van der Waals surface area contributed by atoms with E-state index in [1.54, 1.807) is 11.1 Å². The van der Waals surface area contributed by atoms with E-state index in [2.05, 4.69) is 22.1 Å². The normalized spacial score (nSPS) is 13.5. The van der Waals surface area contributed by atoms with Crippen molar-refractivity contribution in [3.63, 3.8) is 0 Å². The summed E-state index contributed by atoms with van der Waals surface area (Å²) in [6.07, 6.45) is 1.77. The van der Waals surface area contributed by atoms with Gasteiger partial charge >= 0.3 is 0 Å². The molecule has 1 amide bonds. The smallest absolute Gasteiger partial charge is 0.236 e. The highest BCUT2D eigenvalue weighted by Gasteiger charge is 2.39. The first-order chi connectivity index (χ1) is 14.4. The predicted molar refractivity (Wildman–Crippen MR) is 123 cm³/mol. The molecule has 0 radical (unpaired) electrons. The second-order valence-electron chi connectivity index (χ2n) is 7.45. The van der Waals surface area contributed by atoms with Crippen molar-refractivity contribution in [2.24, 2.45) is 0 Å². The number of nitrogens with zero attached hydrogens (tertiary/aromatic N) is 3. The average Bonchev–Trinajstić information content (AvgIpc) is 2.83. The summed E-state index contributed by atoms with van der Waals surface area (Å²) >= 11 is 0. The summed E-state index contributed by atoms with van der Waals surface area (Å²) in [7, 11) is 1.81. The maximum absolute atomic E-state index is 13.0. The van der Waals surface area contributed by atoms with E-state index in [0.717, 1.165) is 28.2 Å². The van der Waals surface area contributed by atoms with Gasteiger partial charge in [-0.2, -0.15) is 0 Å². The molecule has 0 spiro atoms. The molecule has 0 saturated heterocycles. The quantitative estimate of drug-likeness (QED) is 0.605. The van der Waals surface area contributed by atoms with Gasteiger partial charge in [-0.25, -0.2) is 9.97 Å². The van der Waals surface area contributed by atoms with E-state index in [9.17, 15) is 4.79 Å². The van der Waals surface area contributed by atoms with Gasteiger partial charge in [-0.05, 0) is 45.9 Å². The number of hydrogen-bond acceptors (Lipinski definition) is 4. The molecule has 5 heteroatoms. The minimum Gasteiger partial charge on any atom is -0.324 e. The fourth-order valence-corrected chi connectivity index (χ4v) is 3.37. The first kappa shape index (κ1) is 21.1. The van der Waals surface area contributed by atoms with Gasteiger partial charge in [0.2, 0.25) is 11.9 Å². The second kappa shape index (κ2) is 8.79. The van der Waals surface area contributed by atoms with Gasteiger partial charge in [0.25, 0.3) is 0 Å². The van der Waals surface area contributed by atoms with Gasteiger partial charge in [-0.3, -0.25) is 4.79 Å². The molecule has 4 rings (SSSR count). The molecule has 3 aromatic rings. The van der Waals surface area contributed by atoms with Crippen LogP contribution in [0.25, 0.3) is 11.3 Å². The van der Waals surface area contributed by atoms with Crippen molar-refractivity contribution < 1.29 is 4.79 Å². The lowest BCUT2D eigenvalue weighted by atomic mass is 9.83. The number of benzene rings is 2. The molecular weight excluding hydrogens is 372 g/mol. The number of carbonyl (C=O) groups is 1. The molecule has 1 N–H and O–H groups in total. The summed E-state index contributed by atoms with van der Waals surface area (Å²) in [6.45, 7) is 7.48. The number of aromatic nitrogens is 2. The highest BCUT2D eigenvalue weighted by atomic mass is 16.2. The summed E-state index contributed by atoms with van der Waals surface area (Å²) < 4.78 is 0. The molecule has 1 aliphatic heterocycles. The van der Waals surface area contributed by atoms with Gasteiger partial charge < -0.3 is 10.2 Å². The Hall–Kier alpha value is -3.65. The third-order valence-corrected chi connectivity index (χ3v) is 5.10. The van der Waals surface area contributed by atoms with E-state index in [1.165, 1.54) is 0 Å². The SMILES string of the molecule is CC#CC.CN1C(=O)C(C)(C)c2cnc(Nc3ccccc3)nc2-c2ccccc21.